The van der Waals surface area contributed by atoms with Crippen molar-refractivity contribution in [3.63, 3.8) is 0 Å². The Bertz CT molecular complexity index is 377. The van der Waals surface area contributed by atoms with Crippen molar-refractivity contribution in [3.05, 3.63) is 15.6 Å². The minimum atomic E-state index is 0.435. The van der Waals surface area contributed by atoms with E-state index in [1.807, 2.05) is 11.3 Å². The number of hydrogen-bond acceptors (Lipinski definition) is 3. The summed E-state index contributed by atoms with van der Waals surface area (Å²) < 4.78 is 0. The van der Waals surface area contributed by atoms with Crippen molar-refractivity contribution in [3.8, 4) is 0 Å². The number of nitrogens with zero attached hydrogens (tertiary/aromatic N) is 1. The molecule has 1 N–H and O–H groups in total. The molecule has 0 bridgehead atoms. The first-order chi connectivity index (χ1) is 10.1. The van der Waals surface area contributed by atoms with Gasteiger partial charge in [-0.2, -0.15) is 0 Å². The van der Waals surface area contributed by atoms with E-state index in [0.29, 0.717) is 12.1 Å². The van der Waals surface area contributed by atoms with Crippen molar-refractivity contribution in [1.29, 1.82) is 0 Å². The van der Waals surface area contributed by atoms with E-state index in [4.69, 9.17) is 0 Å². The second-order valence-corrected chi connectivity index (χ2v) is 7.49. The van der Waals surface area contributed by atoms with E-state index in [-0.39, 0.29) is 0 Å². The van der Waals surface area contributed by atoms with Crippen molar-refractivity contribution in [2.75, 3.05) is 0 Å². The third kappa shape index (κ3) is 6.92. The van der Waals surface area contributed by atoms with E-state index in [9.17, 15) is 0 Å². The maximum absolute atomic E-state index is 4.57. The molecule has 0 aromatic carbocycles. The molecule has 3 heteroatoms. The van der Waals surface area contributed by atoms with Gasteiger partial charge in [-0.05, 0) is 33.6 Å². The first kappa shape index (κ1) is 18.6. The van der Waals surface area contributed by atoms with Gasteiger partial charge in [-0.1, -0.05) is 52.4 Å². The van der Waals surface area contributed by atoms with Crippen LogP contribution in [0.25, 0.3) is 0 Å². The van der Waals surface area contributed by atoms with Gasteiger partial charge < -0.3 is 5.32 Å². The molecule has 1 aromatic rings. The van der Waals surface area contributed by atoms with Crippen LogP contribution in [0.15, 0.2) is 0 Å². The van der Waals surface area contributed by atoms with Crippen LogP contribution in [0.2, 0.25) is 0 Å². The highest BCUT2D eigenvalue weighted by molar-refractivity contribution is 7.11. The van der Waals surface area contributed by atoms with E-state index in [1.54, 1.807) is 0 Å². The summed E-state index contributed by atoms with van der Waals surface area (Å²) in [5.74, 6) is 0. The van der Waals surface area contributed by atoms with Crippen molar-refractivity contribution >= 4 is 11.3 Å². The van der Waals surface area contributed by atoms with E-state index < -0.39 is 0 Å². The van der Waals surface area contributed by atoms with Crippen LogP contribution in [0, 0.1) is 13.8 Å². The lowest BCUT2D eigenvalue weighted by Crippen LogP contribution is -2.31. The Kier molecular flexibility index (Phi) is 9.18. The Morgan fingerprint density at radius 3 is 2.00 bits per heavy atom. The van der Waals surface area contributed by atoms with Crippen LogP contribution in [0.3, 0.4) is 0 Å². The Morgan fingerprint density at radius 2 is 1.57 bits per heavy atom. The van der Waals surface area contributed by atoms with Crippen LogP contribution in [0.4, 0.5) is 0 Å². The van der Waals surface area contributed by atoms with Crippen LogP contribution in [-0.4, -0.2) is 11.0 Å². The minimum Gasteiger partial charge on any atom is -0.307 e. The molecule has 0 spiro atoms. The summed E-state index contributed by atoms with van der Waals surface area (Å²) in [5, 5.41) is 5.06. The molecular formula is C18H34N2S. The lowest BCUT2D eigenvalue weighted by Gasteiger charge is -2.23. The summed E-state index contributed by atoms with van der Waals surface area (Å²) in [6.07, 6.45) is 10.7. The molecule has 0 saturated heterocycles. The van der Waals surface area contributed by atoms with Crippen LogP contribution in [0.1, 0.15) is 93.8 Å². The summed E-state index contributed by atoms with van der Waals surface area (Å²) in [6, 6.07) is 1.10. The number of unbranched alkanes of at least 4 members (excludes halogenated alkanes) is 4. The van der Waals surface area contributed by atoms with Gasteiger partial charge in [0, 0.05) is 17.0 Å². The average Bonchev–Trinajstić information content (AvgIpc) is 2.78. The van der Waals surface area contributed by atoms with Gasteiger partial charge in [0.05, 0.1) is 10.7 Å². The molecule has 21 heavy (non-hydrogen) atoms. The fraction of sp³-hybridized carbons (Fsp3) is 0.833. The van der Waals surface area contributed by atoms with E-state index in [0.717, 1.165) is 0 Å². The van der Waals surface area contributed by atoms with Gasteiger partial charge in [-0.3, -0.25) is 0 Å². The Hall–Kier alpha value is -0.410. The standard InChI is InChI=1S/C18H34N2S/c1-6-8-10-12-17(13-11-9-7-2)20-15(4)18-14(3)19-16(5)21-18/h15,17,20H,6-13H2,1-5H3. The van der Waals surface area contributed by atoms with E-state index in [1.165, 1.54) is 66.9 Å². The first-order valence-electron chi connectivity index (χ1n) is 8.78. The van der Waals surface area contributed by atoms with Gasteiger partial charge in [0.15, 0.2) is 0 Å². The lowest BCUT2D eigenvalue weighted by molar-refractivity contribution is 0.386. The molecule has 0 aliphatic heterocycles. The molecule has 0 radical (unpaired) electrons. The third-order valence-corrected chi connectivity index (χ3v) is 5.39. The van der Waals surface area contributed by atoms with Gasteiger partial charge in [0.1, 0.15) is 0 Å². The molecule has 1 rings (SSSR count). The number of rotatable bonds is 11. The van der Waals surface area contributed by atoms with Gasteiger partial charge in [-0.25, -0.2) is 4.98 Å². The lowest BCUT2D eigenvalue weighted by atomic mass is 10.0. The summed E-state index contributed by atoms with van der Waals surface area (Å²) in [5.41, 5.74) is 1.21. The Morgan fingerprint density at radius 1 is 1.00 bits per heavy atom. The predicted octanol–water partition coefficient (Wildman–Crippen LogP) is 5.94. The number of hydrogen-bond donors (Lipinski definition) is 1. The molecule has 0 aliphatic carbocycles. The van der Waals surface area contributed by atoms with Gasteiger partial charge in [-0.15, -0.1) is 11.3 Å². The second-order valence-electron chi connectivity index (χ2n) is 6.26. The van der Waals surface area contributed by atoms with Gasteiger partial charge >= 0.3 is 0 Å². The first-order valence-corrected chi connectivity index (χ1v) is 9.60. The SMILES string of the molecule is CCCCCC(CCCCC)NC(C)c1sc(C)nc1C. The van der Waals surface area contributed by atoms with Crippen LogP contribution < -0.4 is 5.32 Å². The molecule has 0 saturated carbocycles. The Labute approximate surface area is 135 Å². The number of nitrogens with one attached hydrogen (secondary N) is 1. The highest BCUT2D eigenvalue weighted by Crippen LogP contribution is 2.26. The molecule has 0 aliphatic rings. The summed E-state index contributed by atoms with van der Waals surface area (Å²) in [7, 11) is 0. The van der Waals surface area contributed by atoms with E-state index >= 15 is 0 Å². The molecular weight excluding hydrogens is 276 g/mol. The zero-order chi connectivity index (χ0) is 15.7. The second kappa shape index (κ2) is 10.3. The minimum absolute atomic E-state index is 0.435. The normalized spacial score (nSPS) is 13.0. The fourth-order valence-corrected chi connectivity index (χ4v) is 3.91. The zero-order valence-corrected chi connectivity index (χ0v) is 15.5. The third-order valence-electron chi connectivity index (χ3n) is 4.13. The molecule has 1 heterocycles. The maximum atomic E-state index is 4.57. The van der Waals surface area contributed by atoms with Crippen molar-refractivity contribution in [1.82, 2.24) is 10.3 Å². The predicted molar refractivity (Wildman–Crippen MR) is 95.2 cm³/mol. The van der Waals surface area contributed by atoms with Crippen molar-refractivity contribution in [2.24, 2.45) is 0 Å². The van der Waals surface area contributed by atoms with Gasteiger partial charge in [0.25, 0.3) is 0 Å². The molecule has 122 valence electrons. The summed E-state index contributed by atoms with van der Waals surface area (Å²) >= 11 is 1.85. The molecule has 1 unspecified atom stereocenters. The highest BCUT2D eigenvalue weighted by Gasteiger charge is 2.17. The molecule has 0 amide bonds. The molecule has 0 fully saturated rings. The largest absolute Gasteiger partial charge is 0.307 e. The zero-order valence-electron chi connectivity index (χ0n) is 14.7. The smallest absolute Gasteiger partial charge is 0.0900 e. The summed E-state index contributed by atoms with van der Waals surface area (Å²) in [4.78, 5) is 5.99. The van der Waals surface area contributed by atoms with E-state index in [2.05, 4.69) is 44.9 Å². The molecule has 1 aromatic heterocycles. The average molecular weight is 311 g/mol. The van der Waals surface area contributed by atoms with Crippen molar-refractivity contribution < 1.29 is 0 Å². The quantitative estimate of drug-likeness (QED) is 0.512. The Balaban J connectivity index is 2.54. The monoisotopic (exact) mass is 310 g/mol. The molecule has 2 nitrogen and oxygen atoms in total. The topological polar surface area (TPSA) is 24.9 Å². The number of aromatic nitrogens is 1. The van der Waals surface area contributed by atoms with Crippen molar-refractivity contribution in [2.45, 2.75) is 98.1 Å². The van der Waals surface area contributed by atoms with Crippen LogP contribution in [-0.2, 0) is 0 Å². The molecule has 1 atom stereocenters. The maximum Gasteiger partial charge on any atom is 0.0900 e. The number of aryl methyl sites for hydroxylation is 2. The highest BCUT2D eigenvalue weighted by atomic mass is 32.1. The number of thiazole rings is 1. The van der Waals surface area contributed by atoms with Crippen LogP contribution >= 0.6 is 11.3 Å². The van der Waals surface area contributed by atoms with Gasteiger partial charge in [0.2, 0.25) is 0 Å². The summed E-state index contributed by atoms with van der Waals surface area (Å²) in [6.45, 7) is 11.1. The van der Waals surface area contributed by atoms with Crippen LogP contribution in [0.5, 0.6) is 0 Å². The fourth-order valence-electron chi connectivity index (χ4n) is 2.97.